The molecule has 0 aliphatic rings. The maximum absolute atomic E-state index is 6.15. The van der Waals surface area contributed by atoms with Crippen molar-refractivity contribution in [3.8, 4) is 0 Å². The van der Waals surface area contributed by atoms with E-state index in [2.05, 4.69) is 23.4 Å². The predicted octanol–water partition coefficient (Wildman–Crippen LogP) is 4.57. The number of para-hydroxylation sites is 1. The van der Waals surface area contributed by atoms with E-state index in [1.165, 1.54) is 0 Å². The number of alkyl halides is 1. The van der Waals surface area contributed by atoms with Crippen LogP contribution < -0.4 is 0 Å². The fourth-order valence-corrected chi connectivity index (χ4v) is 2.29. The van der Waals surface area contributed by atoms with E-state index >= 15 is 0 Å². The van der Waals surface area contributed by atoms with E-state index < -0.39 is 0 Å². The largest absolute Gasteiger partial charge is 0.324 e. The van der Waals surface area contributed by atoms with Crippen molar-refractivity contribution >= 4 is 34.2 Å². The first-order valence-electron chi connectivity index (χ1n) is 5.32. The number of fused-ring (bicyclic) bond motifs is 1. The number of hydrogen-bond donors (Lipinski definition) is 0. The molecule has 0 bridgehead atoms. The molecule has 16 heavy (non-hydrogen) atoms. The molecule has 1 heterocycles. The van der Waals surface area contributed by atoms with Crippen molar-refractivity contribution in [2.24, 2.45) is 0 Å². The Morgan fingerprint density at radius 1 is 1.25 bits per heavy atom. The van der Waals surface area contributed by atoms with Crippen LogP contribution in [0.4, 0.5) is 0 Å². The molecule has 0 spiro atoms. The van der Waals surface area contributed by atoms with Gasteiger partial charge in [-0.05, 0) is 32.9 Å². The lowest BCUT2D eigenvalue weighted by Gasteiger charge is -2.13. The number of nitrogens with zero attached hydrogens (tertiary/aromatic N) is 2. The number of imidazole rings is 1. The minimum atomic E-state index is -0.120. The van der Waals surface area contributed by atoms with Gasteiger partial charge in [-0.25, -0.2) is 4.98 Å². The second-order valence-corrected chi connectivity index (χ2v) is 5.22. The van der Waals surface area contributed by atoms with Crippen molar-refractivity contribution in [1.82, 2.24) is 9.55 Å². The molecule has 2 nitrogen and oxygen atoms in total. The Hall–Kier alpha value is -0.730. The number of halogens is 2. The van der Waals surface area contributed by atoms with Crippen LogP contribution in [0.25, 0.3) is 11.0 Å². The molecule has 0 amide bonds. The maximum atomic E-state index is 6.15. The maximum Gasteiger partial charge on any atom is 0.128 e. The van der Waals surface area contributed by atoms with Gasteiger partial charge in [0.1, 0.15) is 11.3 Å². The quantitative estimate of drug-likeness (QED) is 0.720. The van der Waals surface area contributed by atoms with Crippen LogP contribution in [-0.4, -0.2) is 9.55 Å². The van der Waals surface area contributed by atoms with Gasteiger partial charge in [-0.15, -0.1) is 11.6 Å². The molecule has 2 aromatic rings. The van der Waals surface area contributed by atoms with Gasteiger partial charge in [-0.3, -0.25) is 0 Å². The highest BCUT2D eigenvalue weighted by molar-refractivity contribution is 6.35. The zero-order valence-corrected chi connectivity index (χ0v) is 11.0. The Labute approximate surface area is 105 Å². The fourth-order valence-electron chi connectivity index (χ4n) is 1.92. The summed E-state index contributed by atoms with van der Waals surface area (Å²) in [6.07, 6.45) is 0. The molecule has 1 unspecified atom stereocenters. The Balaban J connectivity index is 2.81. The summed E-state index contributed by atoms with van der Waals surface area (Å²) in [5.41, 5.74) is 1.88. The second-order valence-electron chi connectivity index (χ2n) is 4.16. The third kappa shape index (κ3) is 1.80. The summed E-state index contributed by atoms with van der Waals surface area (Å²) in [7, 11) is 0. The van der Waals surface area contributed by atoms with E-state index in [0.29, 0.717) is 11.1 Å². The normalized spacial score (nSPS) is 13.6. The molecule has 1 aromatic heterocycles. The molecule has 0 N–H and O–H groups in total. The smallest absolute Gasteiger partial charge is 0.128 e. The lowest BCUT2D eigenvalue weighted by Crippen LogP contribution is -2.06. The molecular weight excluding hydrogens is 243 g/mol. The predicted molar refractivity (Wildman–Crippen MR) is 69.4 cm³/mol. The van der Waals surface area contributed by atoms with E-state index in [1.807, 2.05) is 25.1 Å². The number of aromatic nitrogens is 2. The summed E-state index contributed by atoms with van der Waals surface area (Å²) >= 11 is 12.3. The van der Waals surface area contributed by atoms with Crippen LogP contribution >= 0.6 is 23.2 Å². The molecule has 1 atom stereocenters. The number of benzene rings is 1. The molecule has 0 saturated carbocycles. The molecule has 4 heteroatoms. The monoisotopic (exact) mass is 256 g/mol. The van der Waals surface area contributed by atoms with Crippen molar-refractivity contribution in [3.63, 3.8) is 0 Å². The van der Waals surface area contributed by atoms with E-state index in [0.717, 1.165) is 16.9 Å². The van der Waals surface area contributed by atoms with Gasteiger partial charge in [0.2, 0.25) is 0 Å². The summed E-state index contributed by atoms with van der Waals surface area (Å²) in [4.78, 5) is 4.53. The standard InChI is InChI=1S/C12H14Cl2N2/c1-7(2)16-10-6-4-5-9(14)11(10)15-12(16)8(3)13/h4-8H,1-3H3. The molecule has 0 aliphatic carbocycles. The van der Waals surface area contributed by atoms with Gasteiger partial charge in [0.05, 0.1) is 15.9 Å². The highest BCUT2D eigenvalue weighted by Crippen LogP contribution is 2.31. The highest BCUT2D eigenvalue weighted by atomic mass is 35.5. The lowest BCUT2D eigenvalue weighted by molar-refractivity contribution is 0.584. The van der Waals surface area contributed by atoms with Gasteiger partial charge >= 0.3 is 0 Å². The first-order valence-corrected chi connectivity index (χ1v) is 6.14. The summed E-state index contributed by atoms with van der Waals surface area (Å²) in [5.74, 6) is 0.875. The minimum Gasteiger partial charge on any atom is -0.324 e. The summed E-state index contributed by atoms with van der Waals surface area (Å²) in [6.45, 7) is 6.16. The van der Waals surface area contributed by atoms with Gasteiger partial charge in [0.15, 0.2) is 0 Å². The van der Waals surface area contributed by atoms with Crippen LogP contribution in [0.15, 0.2) is 18.2 Å². The van der Waals surface area contributed by atoms with Crippen molar-refractivity contribution in [2.75, 3.05) is 0 Å². The van der Waals surface area contributed by atoms with Crippen molar-refractivity contribution in [1.29, 1.82) is 0 Å². The van der Waals surface area contributed by atoms with E-state index in [9.17, 15) is 0 Å². The molecule has 2 rings (SSSR count). The van der Waals surface area contributed by atoms with Crippen LogP contribution in [0, 0.1) is 0 Å². The Bertz CT molecular complexity index is 515. The van der Waals surface area contributed by atoms with Gasteiger partial charge in [-0.1, -0.05) is 17.7 Å². The zero-order valence-electron chi connectivity index (χ0n) is 9.54. The second kappa shape index (κ2) is 4.27. The van der Waals surface area contributed by atoms with Crippen LogP contribution in [0.2, 0.25) is 5.02 Å². The van der Waals surface area contributed by atoms with E-state index in [4.69, 9.17) is 23.2 Å². The first kappa shape index (κ1) is 11.7. The molecule has 0 aliphatic heterocycles. The summed E-state index contributed by atoms with van der Waals surface area (Å²) < 4.78 is 2.14. The van der Waals surface area contributed by atoms with Gasteiger partial charge < -0.3 is 4.57 Å². The average molecular weight is 257 g/mol. The Morgan fingerprint density at radius 2 is 1.94 bits per heavy atom. The van der Waals surface area contributed by atoms with Crippen LogP contribution in [0.1, 0.15) is 38.0 Å². The fraction of sp³-hybridized carbons (Fsp3) is 0.417. The third-order valence-electron chi connectivity index (χ3n) is 2.57. The Kier molecular flexibility index (Phi) is 3.13. The zero-order chi connectivity index (χ0) is 11.9. The SMILES string of the molecule is CC(Cl)c1nc2c(Cl)cccc2n1C(C)C. The third-order valence-corrected chi connectivity index (χ3v) is 3.07. The van der Waals surface area contributed by atoms with E-state index in [-0.39, 0.29) is 5.38 Å². The molecular formula is C12H14Cl2N2. The molecule has 86 valence electrons. The summed E-state index contributed by atoms with van der Waals surface area (Å²) in [6, 6.07) is 6.13. The van der Waals surface area contributed by atoms with Gasteiger partial charge in [-0.2, -0.15) is 0 Å². The van der Waals surface area contributed by atoms with E-state index in [1.54, 1.807) is 0 Å². The van der Waals surface area contributed by atoms with Crippen molar-refractivity contribution in [2.45, 2.75) is 32.2 Å². The van der Waals surface area contributed by atoms with Gasteiger partial charge in [0, 0.05) is 6.04 Å². The molecule has 0 saturated heterocycles. The number of rotatable bonds is 2. The highest BCUT2D eigenvalue weighted by Gasteiger charge is 2.17. The Morgan fingerprint density at radius 3 is 2.50 bits per heavy atom. The minimum absolute atomic E-state index is 0.120. The van der Waals surface area contributed by atoms with Crippen molar-refractivity contribution in [3.05, 3.63) is 29.0 Å². The molecule has 0 radical (unpaired) electrons. The van der Waals surface area contributed by atoms with Crippen LogP contribution in [0.3, 0.4) is 0 Å². The number of hydrogen-bond acceptors (Lipinski definition) is 1. The average Bonchev–Trinajstić information content (AvgIpc) is 2.58. The topological polar surface area (TPSA) is 17.8 Å². The molecule has 0 fully saturated rings. The van der Waals surface area contributed by atoms with Crippen molar-refractivity contribution < 1.29 is 0 Å². The van der Waals surface area contributed by atoms with Crippen LogP contribution in [-0.2, 0) is 0 Å². The lowest BCUT2D eigenvalue weighted by atomic mass is 10.3. The first-order chi connectivity index (χ1) is 7.52. The van der Waals surface area contributed by atoms with Gasteiger partial charge in [0.25, 0.3) is 0 Å². The molecule has 1 aromatic carbocycles. The summed E-state index contributed by atoms with van der Waals surface area (Å²) in [5, 5.41) is 0.557. The van der Waals surface area contributed by atoms with Crippen LogP contribution in [0.5, 0.6) is 0 Å².